The van der Waals surface area contributed by atoms with E-state index in [1.54, 1.807) is 12.3 Å². The molecule has 2 heterocycles. The summed E-state index contributed by atoms with van der Waals surface area (Å²) in [6, 6.07) is 5.50. The fraction of sp³-hybridized carbons (Fsp3) is 0.353. The van der Waals surface area contributed by atoms with Gasteiger partial charge in [-0.25, -0.2) is 0 Å². The molecule has 2 N–H and O–H groups in total. The van der Waals surface area contributed by atoms with Gasteiger partial charge < -0.3 is 10.6 Å². The first-order valence-corrected chi connectivity index (χ1v) is 7.71. The first-order chi connectivity index (χ1) is 11.0. The van der Waals surface area contributed by atoms with Crippen molar-refractivity contribution in [2.24, 2.45) is 11.7 Å². The maximum atomic E-state index is 12.0. The zero-order valence-electron chi connectivity index (χ0n) is 13.1. The van der Waals surface area contributed by atoms with Crippen LogP contribution >= 0.6 is 0 Å². The van der Waals surface area contributed by atoms with Crippen molar-refractivity contribution in [1.82, 2.24) is 4.98 Å². The minimum Gasteiger partial charge on any atom is -0.370 e. The Bertz CT molecular complexity index is 783. The van der Waals surface area contributed by atoms with Gasteiger partial charge in [0.25, 0.3) is 0 Å². The Hall–Kier alpha value is -2.37. The van der Waals surface area contributed by atoms with Gasteiger partial charge in [-0.2, -0.15) is 0 Å². The van der Waals surface area contributed by atoms with Gasteiger partial charge in [0.15, 0.2) is 5.78 Å². The van der Waals surface area contributed by atoms with Crippen molar-refractivity contribution in [3.8, 4) is 0 Å². The van der Waals surface area contributed by atoms with Crippen molar-refractivity contribution in [2.75, 3.05) is 18.0 Å². The summed E-state index contributed by atoms with van der Waals surface area (Å²) in [6.45, 7) is 2.90. The topological polar surface area (TPSA) is 76.3 Å². The lowest BCUT2D eigenvalue weighted by atomic mass is 9.91. The number of hydrogen-bond donors (Lipinski definition) is 1. The fourth-order valence-corrected chi connectivity index (χ4v) is 3.18. The molecule has 2 aromatic rings. The van der Waals surface area contributed by atoms with Crippen LogP contribution in [0.3, 0.4) is 0 Å². The molecule has 1 aliphatic heterocycles. The van der Waals surface area contributed by atoms with E-state index in [0.29, 0.717) is 37.0 Å². The quantitative estimate of drug-likeness (QED) is 0.676. The SMILES string of the molecule is [B]c1ccc2ncc(C(C)=O)c(N3CCC(C(N)=O)CC3)c2c1. The smallest absolute Gasteiger partial charge is 0.220 e. The van der Waals surface area contributed by atoms with Gasteiger partial charge >= 0.3 is 0 Å². The Balaban J connectivity index is 2.07. The van der Waals surface area contributed by atoms with Crippen molar-refractivity contribution in [3.05, 3.63) is 30.0 Å². The summed E-state index contributed by atoms with van der Waals surface area (Å²) in [4.78, 5) is 29.9. The molecular weight excluding hydrogens is 289 g/mol. The monoisotopic (exact) mass is 307 g/mol. The number of hydrogen-bond acceptors (Lipinski definition) is 4. The first kappa shape index (κ1) is 15.5. The highest BCUT2D eigenvalue weighted by Crippen LogP contribution is 2.32. The highest BCUT2D eigenvalue weighted by Gasteiger charge is 2.26. The normalized spacial score (nSPS) is 15.8. The van der Waals surface area contributed by atoms with Crippen molar-refractivity contribution in [3.63, 3.8) is 0 Å². The summed E-state index contributed by atoms with van der Waals surface area (Å²) in [5.41, 5.74) is 8.28. The molecule has 0 atom stereocenters. The van der Waals surface area contributed by atoms with Crippen LogP contribution in [0.2, 0.25) is 0 Å². The number of carbonyl (C=O) groups excluding carboxylic acids is 2. The number of piperidine rings is 1. The molecule has 1 aliphatic rings. The molecule has 1 aromatic heterocycles. The van der Waals surface area contributed by atoms with Crippen LogP contribution in [0.4, 0.5) is 5.69 Å². The third-order valence-electron chi connectivity index (χ3n) is 4.46. The molecule has 5 nitrogen and oxygen atoms in total. The second kappa shape index (κ2) is 6.03. The Morgan fingerprint density at radius 3 is 2.61 bits per heavy atom. The number of rotatable bonds is 3. The number of primary amides is 1. The molecule has 0 bridgehead atoms. The number of nitrogens with zero attached hydrogens (tertiary/aromatic N) is 2. The molecule has 23 heavy (non-hydrogen) atoms. The summed E-state index contributed by atoms with van der Waals surface area (Å²) >= 11 is 0. The van der Waals surface area contributed by atoms with E-state index in [4.69, 9.17) is 13.6 Å². The first-order valence-electron chi connectivity index (χ1n) is 7.71. The molecule has 1 saturated heterocycles. The standard InChI is InChI=1S/C17H18BN3O2/c1-10(22)14-9-20-15-3-2-12(18)8-13(15)16(14)21-6-4-11(5-7-21)17(19)23/h2-3,8-9,11H,4-7H2,1H3,(H2,19,23). The predicted octanol–water partition coefficient (Wildman–Crippen LogP) is 0.933. The summed E-state index contributed by atoms with van der Waals surface area (Å²) in [6.07, 6.45) is 3.01. The zero-order valence-corrected chi connectivity index (χ0v) is 13.1. The fourth-order valence-electron chi connectivity index (χ4n) is 3.18. The van der Waals surface area contributed by atoms with Gasteiger partial charge in [0.2, 0.25) is 5.91 Å². The van der Waals surface area contributed by atoms with Crippen LogP contribution in [-0.4, -0.2) is 37.6 Å². The molecule has 0 aliphatic carbocycles. The number of Topliss-reactive ketones (excluding diaryl/α,β-unsaturated/α-hetero) is 1. The minimum atomic E-state index is -0.250. The number of amides is 1. The average Bonchev–Trinajstić information content (AvgIpc) is 2.53. The van der Waals surface area contributed by atoms with Crippen LogP contribution in [0.15, 0.2) is 24.4 Å². The number of anilines is 1. The van der Waals surface area contributed by atoms with Crippen molar-refractivity contribution < 1.29 is 9.59 Å². The van der Waals surface area contributed by atoms with Gasteiger partial charge in [-0.15, -0.1) is 0 Å². The van der Waals surface area contributed by atoms with E-state index in [-0.39, 0.29) is 17.6 Å². The largest absolute Gasteiger partial charge is 0.370 e. The summed E-state index contributed by atoms with van der Waals surface area (Å²) in [7, 11) is 5.92. The summed E-state index contributed by atoms with van der Waals surface area (Å²) < 4.78 is 0. The zero-order chi connectivity index (χ0) is 16.6. The summed E-state index contributed by atoms with van der Waals surface area (Å²) in [5, 5.41) is 0.871. The van der Waals surface area contributed by atoms with Gasteiger partial charge in [0.05, 0.1) is 16.8 Å². The highest BCUT2D eigenvalue weighted by molar-refractivity contribution is 6.33. The second-order valence-electron chi connectivity index (χ2n) is 6.02. The van der Waals surface area contributed by atoms with Crippen molar-refractivity contribution in [2.45, 2.75) is 19.8 Å². The van der Waals surface area contributed by atoms with Gasteiger partial charge in [-0.1, -0.05) is 17.6 Å². The Morgan fingerprint density at radius 2 is 2.00 bits per heavy atom. The molecular formula is C17H18BN3O2. The third kappa shape index (κ3) is 2.93. The molecule has 3 rings (SSSR count). The maximum absolute atomic E-state index is 12.0. The van der Waals surface area contributed by atoms with Gasteiger partial charge in [0, 0.05) is 30.6 Å². The van der Waals surface area contributed by atoms with Gasteiger partial charge in [-0.05, 0) is 25.8 Å². The Kier molecular flexibility index (Phi) is 4.07. The van der Waals surface area contributed by atoms with Gasteiger partial charge in [0.1, 0.15) is 7.85 Å². The van der Waals surface area contributed by atoms with Crippen LogP contribution in [0.25, 0.3) is 10.9 Å². The number of aromatic nitrogens is 1. The van der Waals surface area contributed by atoms with Crippen LogP contribution in [0.1, 0.15) is 30.1 Å². The van der Waals surface area contributed by atoms with E-state index in [9.17, 15) is 9.59 Å². The molecule has 0 saturated carbocycles. The lowest BCUT2D eigenvalue weighted by molar-refractivity contribution is -0.122. The Labute approximate surface area is 136 Å². The van der Waals surface area contributed by atoms with Crippen LogP contribution in [0.5, 0.6) is 0 Å². The molecule has 2 radical (unpaired) electrons. The number of carbonyl (C=O) groups is 2. The van der Waals surface area contributed by atoms with E-state index in [2.05, 4.69) is 9.88 Å². The number of fused-ring (bicyclic) bond motifs is 1. The molecule has 1 aromatic carbocycles. The van der Waals surface area contributed by atoms with E-state index in [1.807, 2.05) is 12.1 Å². The molecule has 1 fully saturated rings. The molecule has 116 valence electrons. The molecule has 0 spiro atoms. The highest BCUT2D eigenvalue weighted by atomic mass is 16.1. The van der Waals surface area contributed by atoms with E-state index >= 15 is 0 Å². The van der Waals surface area contributed by atoms with Crippen molar-refractivity contribution in [1.29, 1.82) is 0 Å². The van der Waals surface area contributed by atoms with E-state index in [0.717, 1.165) is 16.6 Å². The second-order valence-corrected chi connectivity index (χ2v) is 6.02. The minimum absolute atomic E-state index is 0.0335. The average molecular weight is 307 g/mol. The van der Waals surface area contributed by atoms with Gasteiger partial charge in [-0.3, -0.25) is 14.6 Å². The van der Waals surface area contributed by atoms with Crippen LogP contribution < -0.4 is 16.1 Å². The van der Waals surface area contributed by atoms with Crippen LogP contribution in [-0.2, 0) is 4.79 Å². The lowest BCUT2D eigenvalue weighted by Crippen LogP contribution is -2.39. The molecule has 6 heteroatoms. The predicted molar refractivity (Wildman–Crippen MR) is 91.3 cm³/mol. The van der Waals surface area contributed by atoms with E-state index < -0.39 is 0 Å². The summed E-state index contributed by atoms with van der Waals surface area (Å²) in [5.74, 6) is -0.376. The number of pyridine rings is 1. The lowest BCUT2D eigenvalue weighted by Gasteiger charge is -2.34. The van der Waals surface area contributed by atoms with E-state index in [1.165, 1.54) is 6.92 Å². The third-order valence-corrected chi connectivity index (χ3v) is 4.46. The molecule has 0 unspecified atom stereocenters. The number of ketones is 1. The molecule has 1 amide bonds. The maximum Gasteiger partial charge on any atom is 0.220 e. The Morgan fingerprint density at radius 1 is 1.30 bits per heavy atom. The number of benzene rings is 1. The van der Waals surface area contributed by atoms with Crippen molar-refractivity contribution >= 4 is 41.6 Å². The van der Waals surface area contributed by atoms with Crippen LogP contribution in [0, 0.1) is 5.92 Å². The number of nitrogens with two attached hydrogens (primary N) is 1.